The van der Waals surface area contributed by atoms with Crippen molar-refractivity contribution in [2.45, 2.75) is 19.1 Å². The maximum Gasteiger partial charge on any atom is 0.310 e. The molecule has 1 aromatic heterocycles. The lowest BCUT2D eigenvalue weighted by Gasteiger charge is -2.33. The predicted octanol–water partition coefficient (Wildman–Crippen LogP) is 1.45. The summed E-state index contributed by atoms with van der Waals surface area (Å²) in [6.07, 6.45) is -0.411. The fourth-order valence-electron chi connectivity index (χ4n) is 2.99. The number of carboxylic acids is 1. The number of aromatic nitrogens is 1. The number of H-pyrrole nitrogens is 1. The molecule has 3 rings (SSSR count). The number of aliphatic hydroxyl groups is 1. The van der Waals surface area contributed by atoms with E-state index >= 15 is 0 Å². The van der Waals surface area contributed by atoms with Crippen molar-refractivity contribution >= 4 is 28.5 Å². The van der Waals surface area contributed by atoms with Gasteiger partial charge in [0.15, 0.2) is 5.43 Å². The Balaban J connectivity index is 1.83. The van der Waals surface area contributed by atoms with Gasteiger partial charge in [-0.1, -0.05) is 11.6 Å². The summed E-state index contributed by atoms with van der Waals surface area (Å²) in [5.41, 5.74) is 1.29. The topological polar surface area (TPSA) is 93.6 Å². The zero-order valence-corrected chi connectivity index (χ0v) is 13.1. The van der Waals surface area contributed by atoms with Crippen molar-refractivity contribution in [2.24, 2.45) is 5.92 Å². The molecule has 2 aromatic rings. The second-order valence-electron chi connectivity index (χ2n) is 5.88. The van der Waals surface area contributed by atoms with Gasteiger partial charge in [-0.15, -0.1) is 0 Å². The highest BCUT2D eigenvalue weighted by molar-refractivity contribution is 6.31. The Kier molecular flexibility index (Phi) is 4.39. The van der Waals surface area contributed by atoms with E-state index < -0.39 is 18.0 Å². The van der Waals surface area contributed by atoms with Crippen molar-refractivity contribution < 1.29 is 15.0 Å². The first-order valence-electron chi connectivity index (χ1n) is 7.39. The molecule has 1 aliphatic heterocycles. The van der Waals surface area contributed by atoms with Crippen molar-refractivity contribution in [3.8, 4) is 0 Å². The van der Waals surface area contributed by atoms with Crippen LogP contribution >= 0.6 is 11.6 Å². The highest BCUT2D eigenvalue weighted by Crippen LogP contribution is 2.20. The minimum Gasteiger partial charge on any atom is -0.481 e. The number of carbonyl (C=O) groups is 1. The fraction of sp³-hybridized carbons (Fsp3) is 0.375. The van der Waals surface area contributed by atoms with Crippen LogP contribution in [0.1, 0.15) is 12.1 Å². The minimum atomic E-state index is -0.996. The molecular weight excluding hydrogens is 320 g/mol. The Labute approximate surface area is 137 Å². The first-order valence-corrected chi connectivity index (χ1v) is 7.76. The third kappa shape index (κ3) is 3.39. The monoisotopic (exact) mass is 336 g/mol. The molecule has 0 unspecified atom stereocenters. The second-order valence-corrected chi connectivity index (χ2v) is 6.32. The molecule has 7 heteroatoms. The van der Waals surface area contributed by atoms with E-state index in [0.717, 1.165) is 0 Å². The van der Waals surface area contributed by atoms with E-state index in [0.29, 0.717) is 41.1 Å². The number of likely N-dealkylation sites (tertiary alicyclic amines) is 1. The Morgan fingerprint density at radius 1 is 1.39 bits per heavy atom. The van der Waals surface area contributed by atoms with Crippen LogP contribution in [0.25, 0.3) is 10.9 Å². The van der Waals surface area contributed by atoms with Crippen LogP contribution in [0.5, 0.6) is 0 Å². The van der Waals surface area contributed by atoms with Gasteiger partial charge >= 0.3 is 5.97 Å². The molecule has 1 aromatic carbocycles. The van der Waals surface area contributed by atoms with Gasteiger partial charge in [-0.25, -0.2) is 0 Å². The van der Waals surface area contributed by atoms with Crippen LogP contribution in [0.4, 0.5) is 0 Å². The average Bonchev–Trinajstić information content (AvgIpc) is 2.50. The van der Waals surface area contributed by atoms with Crippen molar-refractivity contribution in [1.82, 2.24) is 9.88 Å². The first-order chi connectivity index (χ1) is 10.9. The van der Waals surface area contributed by atoms with Gasteiger partial charge in [0.1, 0.15) is 0 Å². The number of nitrogens with zero attached hydrogens (tertiary/aromatic N) is 1. The van der Waals surface area contributed by atoms with Crippen molar-refractivity contribution in [3.05, 3.63) is 45.2 Å². The number of benzene rings is 1. The van der Waals surface area contributed by atoms with Gasteiger partial charge in [0.05, 0.1) is 12.0 Å². The maximum absolute atomic E-state index is 12.2. The van der Waals surface area contributed by atoms with Gasteiger partial charge in [-0.3, -0.25) is 14.5 Å². The molecular formula is C16H17ClN2O4. The zero-order chi connectivity index (χ0) is 16.6. The quantitative estimate of drug-likeness (QED) is 0.788. The highest BCUT2D eigenvalue weighted by Gasteiger charge is 2.33. The van der Waals surface area contributed by atoms with E-state index in [-0.39, 0.29) is 12.0 Å². The molecule has 0 amide bonds. The lowest BCUT2D eigenvalue weighted by atomic mass is 9.95. The molecule has 2 heterocycles. The number of rotatable bonds is 3. The summed E-state index contributed by atoms with van der Waals surface area (Å²) in [6.45, 7) is 1.28. The van der Waals surface area contributed by atoms with Crippen LogP contribution in [-0.4, -0.2) is 45.3 Å². The maximum atomic E-state index is 12.2. The largest absolute Gasteiger partial charge is 0.481 e. The summed E-state index contributed by atoms with van der Waals surface area (Å²) in [5, 5.41) is 19.9. The van der Waals surface area contributed by atoms with Crippen molar-refractivity contribution in [1.29, 1.82) is 0 Å². The van der Waals surface area contributed by atoms with Crippen LogP contribution in [0.15, 0.2) is 29.1 Å². The van der Waals surface area contributed by atoms with Gasteiger partial charge < -0.3 is 15.2 Å². The predicted molar refractivity (Wildman–Crippen MR) is 86.6 cm³/mol. The van der Waals surface area contributed by atoms with Crippen molar-refractivity contribution in [2.75, 3.05) is 13.1 Å². The second kappa shape index (κ2) is 6.31. The van der Waals surface area contributed by atoms with E-state index in [9.17, 15) is 14.7 Å². The minimum absolute atomic E-state index is 0.122. The number of aliphatic hydroxyl groups excluding tert-OH is 1. The number of halogens is 1. The van der Waals surface area contributed by atoms with E-state index in [1.807, 2.05) is 4.90 Å². The van der Waals surface area contributed by atoms with Gasteiger partial charge in [-0.2, -0.15) is 0 Å². The van der Waals surface area contributed by atoms with Crippen LogP contribution < -0.4 is 5.43 Å². The number of pyridine rings is 1. The summed E-state index contributed by atoms with van der Waals surface area (Å²) < 4.78 is 0. The molecule has 23 heavy (non-hydrogen) atoms. The molecule has 0 spiro atoms. The zero-order valence-electron chi connectivity index (χ0n) is 12.3. The normalized spacial score (nSPS) is 22.3. The van der Waals surface area contributed by atoms with E-state index in [4.69, 9.17) is 16.7 Å². The van der Waals surface area contributed by atoms with Crippen LogP contribution in [0.3, 0.4) is 0 Å². The lowest BCUT2D eigenvalue weighted by molar-refractivity contribution is -0.149. The smallest absolute Gasteiger partial charge is 0.310 e. The van der Waals surface area contributed by atoms with Gasteiger partial charge in [0.25, 0.3) is 0 Å². The van der Waals surface area contributed by atoms with E-state index in [2.05, 4.69) is 4.98 Å². The number of aliphatic carboxylic acids is 1. The summed E-state index contributed by atoms with van der Waals surface area (Å²) >= 11 is 5.91. The fourth-order valence-corrected chi connectivity index (χ4v) is 3.17. The van der Waals surface area contributed by atoms with E-state index in [1.54, 1.807) is 18.2 Å². The molecule has 2 atom stereocenters. The molecule has 122 valence electrons. The molecule has 1 fully saturated rings. The average molecular weight is 337 g/mol. The number of hydrogen-bond donors (Lipinski definition) is 3. The molecule has 0 aliphatic carbocycles. The molecule has 0 bridgehead atoms. The highest BCUT2D eigenvalue weighted by atomic mass is 35.5. The van der Waals surface area contributed by atoms with Gasteiger partial charge in [-0.05, 0) is 24.6 Å². The molecule has 0 radical (unpaired) electrons. The number of fused-ring (bicyclic) bond motifs is 1. The molecule has 6 nitrogen and oxygen atoms in total. The number of aromatic amines is 1. The third-order valence-corrected chi connectivity index (χ3v) is 4.45. The van der Waals surface area contributed by atoms with Gasteiger partial charge in [0.2, 0.25) is 0 Å². The van der Waals surface area contributed by atoms with E-state index in [1.165, 1.54) is 6.07 Å². The summed E-state index contributed by atoms with van der Waals surface area (Å²) in [7, 11) is 0. The lowest BCUT2D eigenvalue weighted by Crippen LogP contribution is -2.46. The standard InChI is InChI=1S/C16H17ClN2O4/c17-9-1-2-13-11(5-9)15(21)6-10(18-13)7-19-4-3-14(20)12(8-19)16(22)23/h1-2,5-6,12,14,20H,3-4,7-8H2,(H,18,21)(H,22,23)/t12-,14-/m0/s1. The molecule has 3 N–H and O–H groups in total. The SMILES string of the molecule is O=C(O)[C@H]1CN(Cc2cc(=O)c3cc(Cl)ccc3[nH]2)CC[C@@H]1O. The number of nitrogens with one attached hydrogen (secondary N) is 1. The Morgan fingerprint density at radius 3 is 2.91 bits per heavy atom. The third-order valence-electron chi connectivity index (χ3n) is 4.22. The van der Waals surface area contributed by atoms with Crippen LogP contribution in [-0.2, 0) is 11.3 Å². The van der Waals surface area contributed by atoms with Gasteiger partial charge in [0, 0.05) is 47.3 Å². The Morgan fingerprint density at radius 2 is 2.17 bits per heavy atom. The number of hydrogen-bond acceptors (Lipinski definition) is 4. The first kappa shape index (κ1) is 16.0. The number of carboxylic acid groups (broad SMARTS) is 1. The van der Waals surface area contributed by atoms with Crippen molar-refractivity contribution in [3.63, 3.8) is 0 Å². The molecule has 0 saturated carbocycles. The summed E-state index contributed by atoms with van der Waals surface area (Å²) in [5.74, 6) is -1.79. The molecule has 1 aliphatic rings. The van der Waals surface area contributed by atoms with Crippen LogP contribution in [0, 0.1) is 5.92 Å². The summed E-state index contributed by atoms with van der Waals surface area (Å²) in [6, 6.07) is 6.60. The van der Waals surface area contributed by atoms with Crippen LogP contribution in [0.2, 0.25) is 5.02 Å². The number of piperidine rings is 1. The Hall–Kier alpha value is -1.89. The Bertz CT molecular complexity index is 804. The summed E-state index contributed by atoms with van der Waals surface area (Å²) in [4.78, 5) is 28.5. The molecule has 1 saturated heterocycles.